The minimum Gasteiger partial charge on any atom is -0.484 e. The highest BCUT2D eigenvalue weighted by atomic mass is 16.5. The molecule has 5 nitrogen and oxygen atoms in total. The lowest BCUT2D eigenvalue weighted by Gasteiger charge is -2.21. The zero-order valence-corrected chi connectivity index (χ0v) is 12.4. The van der Waals surface area contributed by atoms with E-state index in [1.807, 2.05) is 32.0 Å². The van der Waals surface area contributed by atoms with Crippen molar-refractivity contribution in [2.24, 2.45) is 0 Å². The molecule has 0 aliphatic heterocycles. The van der Waals surface area contributed by atoms with Gasteiger partial charge in [-0.05, 0) is 25.5 Å². The quantitative estimate of drug-likeness (QED) is 0.776. The zero-order chi connectivity index (χ0) is 15.0. The molecule has 0 spiro atoms. The summed E-state index contributed by atoms with van der Waals surface area (Å²) in [5, 5.41) is 8.97. The van der Waals surface area contributed by atoms with Crippen LogP contribution in [0.5, 0.6) is 5.75 Å². The number of aryl methyl sites for hydroxylation is 2. The van der Waals surface area contributed by atoms with Gasteiger partial charge >= 0.3 is 0 Å². The number of carbonyl (C=O) groups excluding carboxylic acids is 1. The van der Waals surface area contributed by atoms with E-state index in [-0.39, 0.29) is 19.1 Å². The molecule has 1 aromatic carbocycles. The Labute approximate surface area is 120 Å². The van der Waals surface area contributed by atoms with Gasteiger partial charge in [0.25, 0.3) is 5.91 Å². The van der Waals surface area contributed by atoms with Crippen LogP contribution in [0.1, 0.15) is 11.1 Å². The molecule has 20 heavy (non-hydrogen) atoms. The molecule has 1 N–H and O–H groups in total. The van der Waals surface area contributed by atoms with Gasteiger partial charge in [-0.3, -0.25) is 4.79 Å². The smallest absolute Gasteiger partial charge is 0.260 e. The van der Waals surface area contributed by atoms with Gasteiger partial charge in [0.15, 0.2) is 6.61 Å². The maximum atomic E-state index is 12.0. The molecule has 1 amide bonds. The molecule has 112 valence electrons. The number of aliphatic hydroxyl groups is 1. The summed E-state index contributed by atoms with van der Waals surface area (Å²) in [5.74, 6) is 0.552. The molecule has 0 saturated carbocycles. The number of benzene rings is 1. The van der Waals surface area contributed by atoms with E-state index in [9.17, 15) is 4.79 Å². The third-order valence-corrected chi connectivity index (χ3v) is 2.97. The van der Waals surface area contributed by atoms with Crippen molar-refractivity contribution in [3.63, 3.8) is 0 Å². The Kier molecular flexibility index (Phi) is 7.04. The van der Waals surface area contributed by atoms with E-state index in [0.29, 0.717) is 25.4 Å². The second-order valence-corrected chi connectivity index (χ2v) is 4.65. The second kappa shape index (κ2) is 8.55. The highest BCUT2D eigenvalue weighted by Crippen LogP contribution is 2.18. The molecule has 0 fully saturated rings. The molecule has 0 heterocycles. The molecular formula is C15H23NO4. The maximum Gasteiger partial charge on any atom is 0.260 e. The first-order valence-corrected chi connectivity index (χ1v) is 6.66. The lowest BCUT2D eigenvalue weighted by atomic mass is 10.1. The summed E-state index contributed by atoms with van der Waals surface area (Å²) in [6, 6.07) is 5.82. The highest BCUT2D eigenvalue weighted by Gasteiger charge is 2.13. The summed E-state index contributed by atoms with van der Waals surface area (Å²) in [7, 11) is 1.58. The van der Waals surface area contributed by atoms with Crippen LogP contribution in [-0.2, 0) is 9.53 Å². The van der Waals surface area contributed by atoms with Crippen molar-refractivity contribution in [3.05, 3.63) is 29.3 Å². The molecule has 0 radical (unpaired) electrons. The Bertz CT molecular complexity index is 434. The minimum atomic E-state index is -0.156. The van der Waals surface area contributed by atoms with Gasteiger partial charge in [0.2, 0.25) is 0 Å². The minimum absolute atomic E-state index is 0.0341. The molecule has 0 aromatic heterocycles. The van der Waals surface area contributed by atoms with Gasteiger partial charge in [-0.25, -0.2) is 0 Å². The molecule has 0 saturated heterocycles. The van der Waals surface area contributed by atoms with Gasteiger partial charge in [-0.1, -0.05) is 17.7 Å². The molecule has 0 unspecified atom stereocenters. The normalized spacial score (nSPS) is 10.4. The van der Waals surface area contributed by atoms with E-state index >= 15 is 0 Å². The zero-order valence-electron chi connectivity index (χ0n) is 12.4. The fraction of sp³-hybridized carbons (Fsp3) is 0.533. The number of aliphatic hydroxyl groups excluding tert-OH is 1. The Hall–Kier alpha value is -1.59. The summed E-state index contributed by atoms with van der Waals surface area (Å²) < 4.78 is 10.5. The summed E-state index contributed by atoms with van der Waals surface area (Å²) in [6.07, 6.45) is 0. The predicted octanol–water partition coefficient (Wildman–Crippen LogP) is 1.15. The summed E-state index contributed by atoms with van der Waals surface area (Å²) in [6.45, 7) is 5.03. The number of methoxy groups -OCH3 is 1. The number of carbonyl (C=O) groups is 1. The van der Waals surface area contributed by atoms with Crippen LogP contribution in [0.15, 0.2) is 18.2 Å². The molecule has 0 aliphatic rings. The van der Waals surface area contributed by atoms with E-state index in [4.69, 9.17) is 14.6 Å². The van der Waals surface area contributed by atoms with Crippen molar-refractivity contribution >= 4 is 5.91 Å². The van der Waals surface area contributed by atoms with Gasteiger partial charge in [0.05, 0.1) is 13.2 Å². The fourth-order valence-corrected chi connectivity index (χ4v) is 1.88. The first kappa shape index (κ1) is 16.5. The third kappa shape index (κ3) is 5.19. The van der Waals surface area contributed by atoms with Crippen LogP contribution in [0.4, 0.5) is 0 Å². The van der Waals surface area contributed by atoms with Crippen molar-refractivity contribution in [2.45, 2.75) is 13.8 Å². The number of hydrogen-bond acceptors (Lipinski definition) is 4. The lowest BCUT2D eigenvalue weighted by Crippen LogP contribution is -2.39. The average Bonchev–Trinajstić information content (AvgIpc) is 2.42. The average molecular weight is 281 g/mol. The largest absolute Gasteiger partial charge is 0.484 e. The van der Waals surface area contributed by atoms with Gasteiger partial charge in [-0.2, -0.15) is 0 Å². The van der Waals surface area contributed by atoms with Crippen molar-refractivity contribution in [1.29, 1.82) is 0 Å². The van der Waals surface area contributed by atoms with Gasteiger partial charge in [0.1, 0.15) is 5.75 Å². The van der Waals surface area contributed by atoms with Crippen molar-refractivity contribution in [3.8, 4) is 5.75 Å². The number of nitrogens with zero attached hydrogens (tertiary/aromatic N) is 1. The monoisotopic (exact) mass is 281 g/mol. The van der Waals surface area contributed by atoms with Crippen LogP contribution in [0.3, 0.4) is 0 Å². The van der Waals surface area contributed by atoms with Crippen molar-refractivity contribution < 1.29 is 19.4 Å². The first-order chi connectivity index (χ1) is 9.58. The number of ether oxygens (including phenoxy) is 2. The first-order valence-electron chi connectivity index (χ1n) is 6.66. The highest BCUT2D eigenvalue weighted by molar-refractivity contribution is 5.77. The van der Waals surface area contributed by atoms with E-state index in [0.717, 1.165) is 11.1 Å². The molecule has 0 bridgehead atoms. The maximum absolute atomic E-state index is 12.0. The van der Waals surface area contributed by atoms with Gasteiger partial charge < -0.3 is 19.5 Å². The Morgan fingerprint density at radius 1 is 1.30 bits per heavy atom. The van der Waals surface area contributed by atoms with E-state index in [1.54, 1.807) is 7.11 Å². The summed E-state index contributed by atoms with van der Waals surface area (Å²) in [5.41, 5.74) is 2.16. The second-order valence-electron chi connectivity index (χ2n) is 4.65. The number of hydrogen-bond donors (Lipinski definition) is 1. The van der Waals surface area contributed by atoms with Crippen molar-refractivity contribution in [2.75, 3.05) is 40.0 Å². The van der Waals surface area contributed by atoms with E-state index in [2.05, 4.69) is 0 Å². The van der Waals surface area contributed by atoms with Crippen LogP contribution in [0.25, 0.3) is 0 Å². The Balaban J connectivity index is 2.55. The van der Waals surface area contributed by atoms with Crippen LogP contribution >= 0.6 is 0 Å². The Morgan fingerprint density at radius 3 is 2.65 bits per heavy atom. The van der Waals surface area contributed by atoms with Crippen LogP contribution in [0, 0.1) is 13.8 Å². The van der Waals surface area contributed by atoms with Gasteiger partial charge in [-0.15, -0.1) is 0 Å². The number of rotatable bonds is 8. The van der Waals surface area contributed by atoms with E-state index < -0.39 is 0 Å². The Morgan fingerprint density at radius 2 is 2.05 bits per heavy atom. The SMILES string of the molecule is COCCN(CCO)C(=O)COc1ccc(C)cc1C. The molecule has 1 rings (SSSR count). The summed E-state index contributed by atoms with van der Waals surface area (Å²) >= 11 is 0. The molecule has 0 atom stereocenters. The fourth-order valence-electron chi connectivity index (χ4n) is 1.88. The number of amides is 1. The third-order valence-electron chi connectivity index (χ3n) is 2.97. The van der Waals surface area contributed by atoms with E-state index in [1.165, 1.54) is 4.90 Å². The molecule has 0 aliphatic carbocycles. The van der Waals surface area contributed by atoms with Crippen LogP contribution in [0.2, 0.25) is 0 Å². The lowest BCUT2D eigenvalue weighted by molar-refractivity contribution is -0.134. The van der Waals surface area contributed by atoms with Crippen LogP contribution in [-0.4, -0.2) is 55.9 Å². The molecular weight excluding hydrogens is 258 g/mol. The standard InChI is InChI=1S/C15H23NO4/c1-12-4-5-14(13(2)10-12)20-11-15(18)16(6-8-17)7-9-19-3/h4-5,10,17H,6-9,11H2,1-3H3. The topological polar surface area (TPSA) is 59.0 Å². The molecule has 5 heteroatoms. The van der Waals surface area contributed by atoms with Gasteiger partial charge in [0, 0.05) is 20.2 Å². The van der Waals surface area contributed by atoms with Crippen molar-refractivity contribution in [1.82, 2.24) is 4.90 Å². The predicted molar refractivity (Wildman–Crippen MR) is 77.0 cm³/mol. The molecule has 1 aromatic rings. The van der Waals surface area contributed by atoms with Crippen LogP contribution < -0.4 is 4.74 Å². The summed E-state index contributed by atoms with van der Waals surface area (Å²) in [4.78, 5) is 13.6.